The maximum atomic E-state index is 9.30. The normalized spacial score (nSPS) is 43.9. The number of hydrogen-bond acceptors (Lipinski definition) is 7. The molecule has 14 heavy (non-hydrogen) atoms. The minimum atomic E-state index is -1.47. The van der Waals surface area contributed by atoms with Crippen molar-refractivity contribution in [3.05, 3.63) is 0 Å². The SMILES string of the molecule is OCOC1OC(CO)C(O)C(O)C1O. The molecule has 7 nitrogen and oxygen atoms in total. The molecule has 5 atom stereocenters. The second kappa shape index (κ2) is 4.99. The van der Waals surface area contributed by atoms with Crippen molar-refractivity contribution in [3.8, 4) is 0 Å². The van der Waals surface area contributed by atoms with Gasteiger partial charge in [0, 0.05) is 0 Å². The van der Waals surface area contributed by atoms with E-state index in [2.05, 4.69) is 4.74 Å². The van der Waals surface area contributed by atoms with Crippen molar-refractivity contribution in [1.29, 1.82) is 0 Å². The second-order valence-electron chi connectivity index (χ2n) is 2.99. The van der Waals surface area contributed by atoms with Crippen LogP contribution < -0.4 is 0 Å². The molecule has 84 valence electrons. The first-order chi connectivity index (χ1) is 6.61. The molecule has 1 fully saturated rings. The molecule has 5 N–H and O–H groups in total. The van der Waals surface area contributed by atoms with Crippen molar-refractivity contribution >= 4 is 0 Å². The lowest BCUT2D eigenvalue weighted by Crippen LogP contribution is -2.59. The lowest BCUT2D eigenvalue weighted by atomic mass is 9.99. The second-order valence-corrected chi connectivity index (χ2v) is 2.99. The Bertz CT molecular complexity index is 171. The first kappa shape index (κ1) is 11.8. The summed E-state index contributed by atoms with van der Waals surface area (Å²) in [5.41, 5.74) is 0. The standard InChI is InChI=1S/C7H14O7/c8-1-3-4(10)5(11)6(12)7(14-3)13-2-9/h3-12H,1-2H2. The lowest BCUT2D eigenvalue weighted by molar-refractivity contribution is -0.313. The summed E-state index contributed by atoms with van der Waals surface area (Å²) in [6.07, 6.45) is -6.61. The Balaban J connectivity index is 2.63. The van der Waals surface area contributed by atoms with Crippen molar-refractivity contribution in [3.63, 3.8) is 0 Å². The van der Waals surface area contributed by atoms with Crippen LogP contribution in [0.3, 0.4) is 0 Å². The van der Waals surface area contributed by atoms with Crippen LogP contribution in [-0.2, 0) is 9.47 Å². The van der Waals surface area contributed by atoms with Gasteiger partial charge in [-0.2, -0.15) is 0 Å². The van der Waals surface area contributed by atoms with Crippen molar-refractivity contribution in [2.75, 3.05) is 13.4 Å². The number of aliphatic hydroxyl groups excluding tert-OH is 5. The van der Waals surface area contributed by atoms with Crippen molar-refractivity contribution in [2.45, 2.75) is 30.7 Å². The molecule has 1 saturated heterocycles. The number of rotatable bonds is 3. The van der Waals surface area contributed by atoms with Crippen LogP contribution in [0, 0.1) is 0 Å². The van der Waals surface area contributed by atoms with E-state index in [9.17, 15) is 15.3 Å². The molecule has 1 rings (SSSR count). The molecule has 0 radical (unpaired) electrons. The van der Waals surface area contributed by atoms with E-state index in [1.807, 2.05) is 0 Å². The molecular weight excluding hydrogens is 196 g/mol. The maximum Gasteiger partial charge on any atom is 0.189 e. The zero-order valence-corrected chi connectivity index (χ0v) is 7.35. The highest BCUT2D eigenvalue weighted by Gasteiger charge is 2.43. The van der Waals surface area contributed by atoms with E-state index < -0.39 is 44.1 Å². The maximum absolute atomic E-state index is 9.30. The molecule has 7 heteroatoms. The average Bonchev–Trinajstić information content (AvgIpc) is 2.19. The Morgan fingerprint density at radius 2 is 1.64 bits per heavy atom. The summed E-state index contributed by atoms with van der Waals surface area (Å²) in [6.45, 7) is -1.21. The van der Waals surface area contributed by atoms with Crippen LogP contribution in [0.4, 0.5) is 0 Å². The van der Waals surface area contributed by atoms with E-state index in [1.165, 1.54) is 0 Å². The fraction of sp³-hybridized carbons (Fsp3) is 1.00. The van der Waals surface area contributed by atoms with Gasteiger partial charge in [-0.05, 0) is 0 Å². The first-order valence-corrected chi connectivity index (χ1v) is 4.14. The smallest absolute Gasteiger partial charge is 0.189 e. The third-order valence-electron chi connectivity index (χ3n) is 2.09. The van der Waals surface area contributed by atoms with E-state index in [-0.39, 0.29) is 0 Å². The van der Waals surface area contributed by atoms with Gasteiger partial charge in [-0.15, -0.1) is 0 Å². The summed E-state index contributed by atoms with van der Waals surface area (Å²) in [4.78, 5) is 0. The first-order valence-electron chi connectivity index (χ1n) is 4.14. The summed E-state index contributed by atoms with van der Waals surface area (Å²) < 4.78 is 9.43. The molecule has 0 aromatic heterocycles. The molecular formula is C7H14O7. The number of aliphatic hydroxyl groups is 5. The quantitative estimate of drug-likeness (QED) is 0.310. The number of hydrogen-bond donors (Lipinski definition) is 5. The van der Waals surface area contributed by atoms with Gasteiger partial charge in [0.1, 0.15) is 31.2 Å². The van der Waals surface area contributed by atoms with E-state index in [1.54, 1.807) is 0 Å². The summed E-state index contributed by atoms with van der Waals surface area (Å²) in [5.74, 6) is 0. The van der Waals surface area contributed by atoms with Gasteiger partial charge in [0.15, 0.2) is 6.29 Å². The molecule has 0 aromatic carbocycles. The van der Waals surface area contributed by atoms with Gasteiger partial charge in [-0.1, -0.05) is 0 Å². The summed E-state index contributed by atoms with van der Waals surface area (Å²) >= 11 is 0. The average molecular weight is 210 g/mol. The Morgan fingerprint density at radius 3 is 2.14 bits per heavy atom. The summed E-state index contributed by atoms with van der Waals surface area (Å²) in [7, 11) is 0. The van der Waals surface area contributed by atoms with Crippen molar-refractivity contribution in [2.24, 2.45) is 0 Å². The van der Waals surface area contributed by atoms with Crippen LogP contribution in [-0.4, -0.2) is 69.6 Å². The summed E-state index contributed by atoms with van der Waals surface area (Å²) in [5, 5.41) is 45.1. The minimum absolute atomic E-state index is 0.518. The predicted molar refractivity (Wildman–Crippen MR) is 41.9 cm³/mol. The molecule has 0 saturated carbocycles. The molecule has 0 spiro atoms. The van der Waals surface area contributed by atoms with Crippen LogP contribution in [0.5, 0.6) is 0 Å². The molecule has 0 bridgehead atoms. The Morgan fingerprint density at radius 1 is 1.00 bits per heavy atom. The third-order valence-corrected chi connectivity index (χ3v) is 2.09. The fourth-order valence-electron chi connectivity index (χ4n) is 1.28. The van der Waals surface area contributed by atoms with Crippen LogP contribution in [0.15, 0.2) is 0 Å². The van der Waals surface area contributed by atoms with E-state index in [0.717, 1.165) is 0 Å². The molecule has 0 aromatic rings. The summed E-state index contributed by atoms with van der Waals surface area (Å²) in [6, 6.07) is 0. The highest BCUT2D eigenvalue weighted by atomic mass is 16.7. The lowest BCUT2D eigenvalue weighted by Gasteiger charge is -2.39. The molecule has 1 aliphatic rings. The number of ether oxygens (including phenoxy) is 2. The third kappa shape index (κ3) is 2.20. The van der Waals surface area contributed by atoms with Gasteiger partial charge in [0.25, 0.3) is 0 Å². The predicted octanol–water partition coefficient (Wildman–Crippen LogP) is -3.25. The molecule has 0 amide bonds. The zero-order chi connectivity index (χ0) is 10.7. The van der Waals surface area contributed by atoms with Gasteiger partial charge in [-0.25, -0.2) is 0 Å². The molecule has 1 heterocycles. The Labute approximate surface area is 80.1 Å². The fourth-order valence-corrected chi connectivity index (χ4v) is 1.28. The monoisotopic (exact) mass is 210 g/mol. The molecule has 1 aliphatic heterocycles. The van der Waals surface area contributed by atoms with E-state index in [0.29, 0.717) is 0 Å². The van der Waals surface area contributed by atoms with Crippen LogP contribution >= 0.6 is 0 Å². The largest absolute Gasteiger partial charge is 0.394 e. The van der Waals surface area contributed by atoms with Crippen LogP contribution in [0.2, 0.25) is 0 Å². The van der Waals surface area contributed by atoms with Gasteiger partial charge < -0.3 is 35.0 Å². The van der Waals surface area contributed by atoms with E-state index >= 15 is 0 Å². The van der Waals surface area contributed by atoms with Crippen molar-refractivity contribution < 1.29 is 35.0 Å². The highest BCUT2D eigenvalue weighted by molar-refractivity contribution is 4.88. The molecule has 5 unspecified atom stereocenters. The van der Waals surface area contributed by atoms with Gasteiger partial charge in [-0.3, -0.25) is 0 Å². The van der Waals surface area contributed by atoms with Crippen molar-refractivity contribution in [1.82, 2.24) is 0 Å². The topological polar surface area (TPSA) is 120 Å². The van der Waals surface area contributed by atoms with Gasteiger partial charge in [0.2, 0.25) is 0 Å². The minimum Gasteiger partial charge on any atom is -0.394 e. The van der Waals surface area contributed by atoms with Gasteiger partial charge >= 0.3 is 0 Å². The molecule has 0 aliphatic carbocycles. The Kier molecular flexibility index (Phi) is 4.20. The van der Waals surface area contributed by atoms with E-state index in [4.69, 9.17) is 14.9 Å². The Hall–Kier alpha value is -0.280. The highest BCUT2D eigenvalue weighted by Crippen LogP contribution is 2.21. The van der Waals surface area contributed by atoms with Crippen LogP contribution in [0.1, 0.15) is 0 Å². The van der Waals surface area contributed by atoms with Gasteiger partial charge in [0.05, 0.1) is 6.61 Å². The zero-order valence-electron chi connectivity index (χ0n) is 7.35. The van der Waals surface area contributed by atoms with Crippen LogP contribution in [0.25, 0.3) is 0 Å².